The summed E-state index contributed by atoms with van der Waals surface area (Å²) in [6, 6.07) is 1.60. The lowest BCUT2D eigenvalue weighted by Gasteiger charge is -2.19. The minimum absolute atomic E-state index is 0.182. The van der Waals surface area contributed by atoms with Gasteiger partial charge in [-0.05, 0) is 19.9 Å². The number of hydrogen-bond acceptors (Lipinski definition) is 4. The number of amides is 1. The fraction of sp³-hybridized carbons (Fsp3) is 0.455. The summed E-state index contributed by atoms with van der Waals surface area (Å²) < 4.78 is 0. The van der Waals surface area contributed by atoms with E-state index in [-0.39, 0.29) is 12.5 Å². The number of likely N-dealkylation sites (N-methyl/N-ethyl adjacent to an activating group) is 1. The third kappa shape index (κ3) is 2.93. The number of carbonyl (C=O) groups is 1. The van der Waals surface area contributed by atoms with Gasteiger partial charge >= 0.3 is 0 Å². The molecule has 0 aromatic carbocycles. The van der Waals surface area contributed by atoms with E-state index in [0.717, 1.165) is 0 Å². The second kappa shape index (κ2) is 4.94. The van der Waals surface area contributed by atoms with E-state index in [2.05, 4.69) is 4.98 Å². The molecule has 1 heterocycles. The Morgan fingerprint density at radius 3 is 2.88 bits per heavy atom. The average Bonchev–Trinajstić information content (AvgIpc) is 2.19. The Hall–Kier alpha value is -1.62. The van der Waals surface area contributed by atoms with Crippen molar-refractivity contribution >= 4 is 11.6 Å². The third-order valence-corrected chi connectivity index (χ3v) is 2.22. The average molecular weight is 223 g/mol. The summed E-state index contributed by atoms with van der Waals surface area (Å²) in [5.41, 5.74) is 7.15. The summed E-state index contributed by atoms with van der Waals surface area (Å²) in [7, 11) is 1.64. The minimum Gasteiger partial charge on any atom is -0.397 e. The highest BCUT2D eigenvalue weighted by Crippen LogP contribution is 2.11. The van der Waals surface area contributed by atoms with Crippen LogP contribution in [0.2, 0.25) is 0 Å². The molecule has 1 atom stereocenters. The van der Waals surface area contributed by atoms with Crippen LogP contribution in [0.1, 0.15) is 23.0 Å². The molecule has 0 bridgehead atoms. The van der Waals surface area contributed by atoms with Crippen LogP contribution in [-0.4, -0.2) is 40.6 Å². The molecule has 16 heavy (non-hydrogen) atoms. The summed E-state index contributed by atoms with van der Waals surface area (Å²) in [6.45, 7) is 3.67. The number of aliphatic hydroxyl groups is 1. The van der Waals surface area contributed by atoms with Crippen molar-refractivity contribution in [2.75, 3.05) is 19.3 Å². The molecule has 0 spiro atoms. The molecule has 0 saturated carbocycles. The lowest BCUT2D eigenvalue weighted by molar-refractivity contribution is 0.0702. The molecule has 0 aliphatic heterocycles. The molecule has 1 rings (SSSR count). The number of anilines is 1. The Bertz CT molecular complexity index is 391. The number of pyridine rings is 1. The van der Waals surface area contributed by atoms with Gasteiger partial charge in [0, 0.05) is 13.6 Å². The first-order valence-corrected chi connectivity index (χ1v) is 5.07. The van der Waals surface area contributed by atoms with Gasteiger partial charge in [-0.2, -0.15) is 0 Å². The molecular formula is C11H17N3O2. The molecule has 5 heteroatoms. The molecule has 3 N–H and O–H groups in total. The van der Waals surface area contributed by atoms with E-state index in [9.17, 15) is 9.90 Å². The highest BCUT2D eigenvalue weighted by Gasteiger charge is 2.16. The lowest BCUT2D eigenvalue weighted by Crippen LogP contribution is -2.33. The molecule has 0 fully saturated rings. The minimum atomic E-state index is -0.553. The molecule has 88 valence electrons. The molecule has 1 aromatic heterocycles. The smallest absolute Gasteiger partial charge is 0.255 e. The Morgan fingerprint density at radius 2 is 2.31 bits per heavy atom. The summed E-state index contributed by atoms with van der Waals surface area (Å²) in [6.07, 6.45) is 0.962. The predicted octanol–water partition coefficient (Wildman–Crippen LogP) is 0.425. The van der Waals surface area contributed by atoms with Gasteiger partial charge in [0.25, 0.3) is 5.91 Å². The van der Waals surface area contributed by atoms with Gasteiger partial charge < -0.3 is 15.7 Å². The summed E-state index contributed by atoms with van der Waals surface area (Å²) in [5.74, 6) is -0.182. The van der Waals surface area contributed by atoms with Crippen LogP contribution >= 0.6 is 0 Å². The molecule has 0 saturated heterocycles. The van der Waals surface area contributed by atoms with Gasteiger partial charge in [0.05, 0.1) is 29.2 Å². The number of rotatable bonds is 3. The standard InChI is InChI=1S/C11H17N3O2/c1-7(15)6-14(3)11(16)10-4-9(12)5-13-8(10)2/h4-5,7,15H,6,12H2,1-3H3. The number of nitrogens with zero attached hydrogens (tertiary/aromatic N) is 2. The van der Waals surface area contributed by atoms with Crippen molar-refractivity contribution < 1.29 is 9.90 Å². The zero-order chi connectivity index (χ0) is 12.3. The lowest BCUT2D eigenvalue weighted by atomic mass is 10.1. The Labute approximate surface area is 94.9 Å². The molecule has 0 radical (unpaired) electrons. The van der Waals surface area contributed by atoms with Gasteiger partial charge in [0.1, 0.15) is 0 Å². The van der Waals surface area contributed by atoms with Crippen molar-refractivity contribution in [2.45, 2.75) is 20.0 Å². The quantitative estimate of drug-likeness (QED) is 0.778. The maximum atomic E-state index is 12.0. The van der Waals surface area contributed by atoms with E-state index in [1.54, 1.807) is 27.0 Å². The van der Waals surface area contributed by atoms with E-state index in [0.29, 0.717) is 16.9 Å². The summed E-state index contributed by atoms with van der Waals surface area (Å²) in [4.78, 5) is 17.5. The van der Waals surface area contributed by atoms with Crippen LogP contribution in [0.3, 0.4) is 0 Å². The van der Waals surface area contributed by atoms with E-state index < -0.39 is 6.10 Å². The molecule has 0 aliphatic carbocycles. The normalized spacial score (nSPS) is 12.2. The largest absolute Gasteiger partial charge is 0.397 e. The number of aryl methyl sites for hydroxylation is 1. The topological polar surface area (TPSA) is 79.5 Å². The van der Waals surface area contributed by atoms with Crippen molar-refractivity contribution in [3.05, 3.63) is 23.5 Å². The first-order valence-electron chi connectivity index (χ1n) is 5.07. The molecular weight excluding hydrogens is 206 g/mol. The predicted molar refractivity (Wildman–Crippen MR) is 62.0 cm³/mol. The van der Waals surface area contributed by atoms with Crippen molar-refractivity contribution in [3.63, 3.8) is 0 Å². The van der Waals surface area contributed by atoms with Gasteiger partial charge in [0.2, 0.25) is 0 Å². The zero-order valence-electron chi connectivity index (χ0n) is 9.77. The van der Waals surface area contributed by atoms with Crippen molar-refractivity contribution in [2.24, 2.45) is 0 Å². The first-order chi connectivity index (χ1) is 7.41. The number of nitrogen functional groups attached to an aromatic ring is 1. The second-order valence-electron chi connectivity index (χ2n) is 3.94. The van der Waals surface area contributed by atoms with Crippen LogP contribution < -0.4 is 5.73 Å². The maximum absolute atomic E-state index is 12.0. The van der Waals surface area contributed by atoms with Crippen molar-refractivity contribution in [1.29, 1.82) is 0 Å². The highest BCUT2D eigenvalue weighted by molar-refractivity contribution is 5.95. The van der Waals surface area contributed by atoms with Crippen LogP contribution in [0.15, 0.2) is 12.3 Å². The van der Waals surface area contributed by atoms with Gasteiger partial charge in [-0.15, -0.1) is 0 Å². The number of aliphatic hydroxyl groups excluding tert-OH is 1. The molecule has 1 amide bonds. The van der Waals surface area contributed by atoms with Crippen LogP contribution in [-0.2, 0) is 0 Å². The van der Waals surface area contributed by atoms with Crippen LogP contribution in [0.25, 0.3) is 0 Å². The number of nitrogens with two attached hydrogens (primary N) is 1. The first kappa shape index (κ1) is 12.4. The van der Waals surface area contributed by atoms with Crippen LogP contribution in [0.4, 0.5) is 5.69 Å². The second-order valence-corrected chi connectivity index (χ2v) is 3.94. The van der Waals surface area contributed by atoms with Crippen LogP contribution in [0, 0.1) is 6.92 Å². The van der Waals surface area contributed by atoms with E-state index in [1.807, 2.05) is 0 Å². The van der Waals surface area contributed by atoms with Gasteiger partial charge in [0.15, 0.2) is 0 Å². The summed E-state index contributed by atoms with van der Waals surface area (Å²) in [5, 5.41) is 9.21. The van der Waals surface area contributed by atoms with E-state index in [1.165, 1.54) is 11.1 Å². The van der Waals surface area contributed by atoms with Gasteiger partial charge in [-0.3, -0.25) is 9.78 Å². The van der Waals surface area contributed by atoms with Gasteiger partial charge in [-0.25, -0.2) is 0 Å². The fourth-order valence-electron chi connectivity index (χ4n) is 1.45. The fourth-order valence-corrected chi connectivity index (χ4v) is 1.45. The van der Waals surface area contributed by atoms with E-state index >= 15 is 0 Å². The zero-order valence-corrected chi connectivity index (χ0v) is 9.77. The monoisotopic (exact) mass is 223 g/mol. The molecule has 5 nitrogen and oxygen atoms in total. The molecule has 1 aromatic rings. The Balaban J connectivity index is 2.91. The summed E-state index contributed by atoms with van der Waals surface area (Å²) >= 11 is 0. The number of carbonyl (C=O) groups excluding carboxylic acids is 1. The van der Waals surface area contributed by atoms with E-state index in [4.69, 9.17) is 5.73 Å². The number of hydrogen-bond donors (Lipinski definition) is 2. The Kier molecular flexibility index (Phi) is 3.84. The third-order valence-electron chi connectivity index (χ3n) is 2.22. The highest BCUT2D eigenvalue weighted by atomic mass is 16.3. The van der Waals surface area contributed by atoms with Crippen molar-refractivity contribution in [1.82, 2.24) is 9.88 Å². The molecule has 0 aliphatic rings. The maximum Gasteiger partial charge on any atom is 0.255 e. The van der Waals surface area contributed by atoms with Crippen molar-refractivity contribution in [3.8, 4) is 0 Å². The molecule has 1 unspecified atom stereocenters. The number of aromatic nitrogens is 1. The Morgan fingerprint density at radius 1 is 1.69 bits per heavy atom. The van der Waals surface area contributed by atoms with Gasteiger partial charge in [-0.1, -0.05) is 0 Å². The SMILES string of the molecule is Cc1ncc(N)cc1C(=O)N(C)CC(C)O. The van der Waals surface area contributed by atoms with Crippen LogP contribution in [0.5, 0.6) is 0 Å².